The average Bonchev–Trinajstić information content (AvgIpc) is 2.73. The van der Waals surface area contributed by atoms with Gasteiger partial charge in [0.15, 0.2) is 17.5 Å². The van der Waals surface area contributed by atoms with Crippen molar-refractivity contribution in [2.45, 2.75) is 11.4 Å². The highest BCUT2D eigenvalue weighted by Gasteiger charge is 2.15. The van der Waals surface area contributed by atoms with E-state index < -0.39 is 0 Å². The van der Waals surface area contributed by atoms with Crippen molar-refractivity contribution < 1.29 is 14.2 Å². The summed E-state index contributed by atoms with van der Waals surface area (Å²) in [5.41, 5.74) is 0.955. The summed E-state index contributed by atoms with van der Waals surface area (Å²) in [6.07, 6.45) is 0. The number of halogens is 1. The van der Waals surface area contributed by atoms with Gasteiger partial charge >= 0.3 is 0 Å². The van der Waals surface area contributed by atoms with Crippen molar-refractivity contribution in [3.63, 3.8) is 0 Å². The fourth-order valence-electron chi connectivity index (χ4n) is 2.56. The quantitative estimate of drug-likeness (QED) is 0.174. The van der Waals surface area contributed by atoms with Crippen molar-refractivity contribution in [3.05, 3.63) is 48.0 Å². The van der Waals surface area contributed by atoms with Crippen molar-refractivity contribution in [2.24, 2.45) is 4.99 Å². The van der Waals surface area contributed by atoms with Gasteiger partial charge in [-0.2, -0.15) is 0 Å². The second kappa shape index (κ2) is 13.4. The third kappa shape index (κ3) is 6.97. The molecule has 2 aromatic rings. The summed E-state index contributed by atoms with van der Waals surface area (Å²) >= 11 is 1.81. The summed E-state index contributed by atoms with van der Waals surface area (Å²) in [6.45, 7) is 1.36. The zero-order chi connectivity index (χ0) is 19.5. The summed E-state index contributed by atoms with van der Waals surface area (Å²) in [4.78, 5) is 5.53. The molecule has 28 heavy (non-hydrogen) atoms. The molecule has 0 spiro atoms. The fraction of sp³-hybridized carbons (Fsp3) is 0.350. The molecule has 0 atom stereocenters. The maximum absolute atomic E-state index is 5.51. The van der Waals surface area contributed by atoms with Gasteiger partial charge in [-0.15, -0.1) is 35.7 Å². The number of nitrogens with one attached hydrogen (secondary N) is 2. The predicted molar refractivity (Wildman–Crippen MR) is 127 cm³/mol. The summed E-state index contributed by atoms with van der Waals surface area (Å²) in [5, 5.41) is 6.62. The molecular formula is C20H28IN3O3S. The molecule has 6 nitrogen and oxygen atoms in total. The smallest absolute Gasteiger partial charge is 0.203 e. The number of methoxy groups -OCH3 is 3. The van der Waals surface area contributed by atoms with Gasteiger partial charge in [-0.1, -0.05) is 18.2 Å². The lowest BCUT2D eigenvalue weighted by Gasteiger charge is -2.17. The van der Waals surface area contributed by atoms with Crippen molar-refractivity contribution in [1.82, 2.24) is 10.6 Å². The van der Waals surface area contributed by atoms with Crippen LogP contribution in [0.2, 0.25) is 0 Å². The number of aliphatic imine (C=N–C) groups is 1. The number of rotatable bonds is 9. The Labute approximate surface area is 188 Å². The maximum atomic E-state index is 5.51. The third-order valence-electron chi connectivity index (χ3n) is 3.86. The minimum atomic E-state index is 0. The standard InChI is InChI=1S/C20H27N3O3S.HI/c1-21-20(22-12-13-27-16-8-6-5-7-9-16)23-14-15-10-11-17(24-2)19(26-4)18(15)25-3;/h5-11H,12-14H2,1-4H3,(H2,21,22,23);1H. The van der Waals surface area contributed by atoms with Crippen LogP contribution < -0.4 is 24.8 Å². The molecule has 2 N–H and O–H groups in total. The Morgan fingerprint density at radius 3 is 2.25 bits per heavy atom. The van der Waals surface area contributed by atoms with Crippen LogP contribution in [0.25, 0.3) is 0 Å². The van der Waals surface area contributed by atoms with E-state index in [-0.39, 0.29) is 24.0 Å². The SMILES string of the molecule is CN=C(NCCSc1ccccc1)NCc1ccc(OC)c(OC)c1OC.I. The van der Waals surface area contributed by atoms with E-state index in [0.29, 0.717) is 23.8 Å². The van der Waals surface area contributed by atoms with E-state index in [1.165, 1.54) is 4.90 Å². The molecule has 154 valence electrons. The Hall–Kier alpha value is -1.81. The molecule has 8 heteroatoms. The molecule has 0 aliphatic rings. The molecule has 0 saturated carbocycles. The Morgan fingerprint density at radius 1 is 0.929 bits per heavy atom. The lowest BCUT2D eigenvalue weighted by molar-refractivity contribution is 0.322. The molecule has 0 bridgehead atoms. The molecule has 2 aromatic carbocycles. The Morgan fingerprint density at radius 2 is 1.64 bits per heavy atom. The molecule has 0 heterocycles. The van der Waals surface area contributed by atoms with Crippen LogP contribution in [0, 0.1) is 0 Å². The van der Waals surface area contributed by atoms with Crippen LogP contribution in [-0.2, 0) is 6.54 Å². The van der Waals surface area contributed by atoms with Gasteiger partial charge in [0, 0.05) is 36.3 Å². The number of ether oxygens (including phenoxy) is 3. The van der Waals surface area contributed by atoms with Crippen LogP contribution in [0.5, 0.6) is 17.2 Å². The van der Waals surface area contributed by atoms with Crippen molar-refractivity contribution >= 4 is 41.7 Å². The molecule has 2 rings (SSSR count). The topological polar surface area (TPSA) is 64.1 Å². The lowest BCUT2D eigenvalue weighted by Crippen LogP contribution is -2.38. The molecule has 0 aromatic heterocycles. The molecule has 0 aliphatic carbocycles. The molecule has 0 saturated heterocycles. The van der Waals surface area contributed by atoms with Crippen molar-refractivity contribution in [3.8, 4) is 17.2 Å². The molecule has 0 amide bonds. The van der Waals surface area contributed by atoms with Crippen LogP contribution >= 0.6 is 35.7 Å². The van der Waals surface area contributed by atoms with E-state index in [1.807, 2.05) is 30.3 Å². The van der Waals surface area contributed by atoms with Crippen LogP contribution in [-0.4, -0.2) is 46.6 Å². The number of thioether (sulfide) groups is 1. The van der Waals surface area contributed by atoms with Gasteiger partial charge in [0.1, 0.15) is 0 Å². The molecule has 0 unspecified atom stereocenters. The predicted octanol–water partition coefficient (Wildman–Crippen LogP) is 3.79. The monoisotopic (exact) mass is 517 g/mol. The highest BCUT2D eigenvalue weighted by molar-refractivity contribution is 14.0. The Kier molecular flexibility index (Phi) is 11.6. The summed E-state index contributed by atoms with van der Waals surface area (Å²) in [5.74, 6) is 3.56. The number of hydrogen-bond acceptors (Lipinski definition) is 5. The van der Waals surface area contributed by atoms with Gasteiger partial charge in [-0.3, -0.25) is 4.99 Å². The van der Waals surface area contributed by atoms with Crippen molar-refractivity contribution in [1.29, 1.82) is 0 Å². The summed E-state index contributed by atoms with van der Waals surface area (Å²) < 4.78 is 16.3. The number of benzene rings is 2. The largest absolute Gasteiger partial charge is 0.493 e. The van der Waals surface area contributed by atoms with Gasteiger partial charge in [-0.25, -0.2) is 0 Å². The van der Waals surface area contributed by atoms with E-state index in [4.69, 9.17) is 14.2 Å². The Bertz CT molecular complexity index is 745. The number of guanidine groups is 1. The van der Waals surface area contributed by atoms with Crippen molar-refractivity contribution in [2.75, 3.05) is 40.7 Å². The van der Waals surface area contributed by atoms with Gasteiger partial charge in [0.05, 0.1) is 21.3 Å². The van der Waals surface area contributed by atoms with E-state index >= 15 is 0 Å². The molecule has 0 aliphatic heterocycles. The number of hydrogen-bond donors (Lipinski definition) is 2. The van der Waals surface area contributed by atoms with Gasteiger partial charge in [0.25, 0.3) is 0 Å². The summed E-state index contributed by atoms with van der Waals surface area (Å²) in [6, 6.07) is 14.2. The van der Waals surface area contributed by atoms with Crippen LogP contribution in [0.1, 0.15) is 5.56 Å². The van der Waals surface area contributed by atoms with Crippen LogP contribution in [0.4, 0.5) is 0 Å². The minimum absolute atomic E-state index is 0. The maximum Gasteiger partial charge on any atom is 0.203 e. The normalized spacial score (nSPS) is 10.6. The fourth-order valence-corrected chi connectivity index (χ4v) is 3.35. The van der Waals surface area contributed by atoms with Crippen LogP contribution in [0.3, 0.4) is 0 Å². The van der Waals surface area contributed by atoms with Crippen LogP contribution in [0.15, 0.2) is 52.4 Å². The van der Waals surface area contributed by atoms with Gasteiger partial charge in [0.2, 0.25) is 5.75 Å². The first-order chi connectivity index (χ1) is 13.2. The number of nitrogens with zero attached hydrogens (tertiary/aromatic N) is 1. The lowest BCUT2D eigenvalue weighted by atomic mass is 10.1. The van der Waals surface area contributed by atoms with E-state index in [2.05, 4.69) is 27.8 Å². The zero-order valence-corrected chi connectivity index (χ0v) is 19.8. The highest BCUT2D eigenvalue weighted by atomic mass is 127. The zero-order valence-electron chi connectivity index (χ0n) is 16.7. The molecular weight excluding hydrogens is 489 g/mol. The van der Waals surface area contributed by atoms with E-state index in [9.17, 15) is 0 Å². The second-order valence-corrected chi connectivity index (χ2v) is 6.68. The third-order valence-corrected chi connectivity index (χ3v) is 4.88. The molecule has 0 radical (unpaired) electrons. The van der Waals surface area contributed by atoms with Gasteiger partial charge < -0.3 is 24.8 Å². The molecule has 0 fully saturated rings. The minimum Gasteiger partial charge on any atom is -0.493 e. The average molecular weight is 517 g/mol. The summed E-state index contributed by atoms with van der Waals surface area (Å²) in [7, 11) is 6.58. The second-order valence-electron chi connectivity index (χ2n) is 5.51. The first-order valence-electron chi connectivity index (χ1n) is 8.63. The van der Waals surface area contributed by atoms with Gasteiger partial charge in [-0.05, 0) is 24.3 Å². The first kappa shape index (κ1) is 24.2. The first-order valence-corrected chi connectivity index (χ1v) is 9.62. The Balaban J connectivity index is 0.00000392. The van der Waals surface area contributed by atoms with E-state index in [0.717, 1.165) is 23.8 Å². The highest BCUT2D eigenvalue weighted by Crippen LogP contribution is 2.39. The van der Waals surface area contributed by atoms with E-state index in [1.54, 1.807) is 40.1 Å².